The van der Waals surface area contributed by atoms with E-state index in [1.54, 1.807) is 0 Å². The van der Waals surface area contributed by atoms with E-state index in [0.717, 1.165) is 25.9 Å². The molecule has 0 bridgehead atoms. The molecule has 1 N–H and O–H groups in total. The summed E-state index contributed by atoms with van der Waals surface area (Å²) in [6.45, 7) is 2.09. The minimum absolute atomic E-state index is 0.209. The van der Waals surface area contributed by atoms with E-state index >= 15 is 0 Å². The van der Waals surface area contributed by atoms with Crippen LogP contribution in [0.5, 0.6) is 0 Å². The van der Waals surface area contributed by atoms with Gasteiger partial charge in [-0.1, -0.05) is 36.4 Å². The van der Waals surface area contributed by atoms with E-state index < -0.39 is 0 Å². The highest BCUT2D eigenvalue weighted by Gasteiger charge is 2.37. The van der Waals surface area contributed by atoms with Crippen LogP contribution < -0.4 is 9.80 Å². The molecule has 26 heavy (non-hydrogen) atoms. The van der Waals surface area contributed by atoms with E-state index in [1.165, 1.54) is 37.1 Å². The van der Waals surface area contributed by atoms with Gasteiger partial charge in [0.1, 0.15) is 0 Å². The largest absolute Gasteiger partial charge is 0.389 e. The topological polar surface area (TPSA) is 26.7 Å². The first-order chi connectivity index (χ1) is 12.8. The predicted octanol–water partition coefficient (Wildman–Crippen LogP) is 4.47. The lowest BCUT2D eigenvalue weighted by atomic mass is 9.87. The first kappa shape index (κ1) is 17.4. The number of aliphatic hydroxyl groups is 1. The zero-order valence-corrected chi connectivity index (χ0v) is 15.5. The van der Waals surface area contributed by atoms with Gasteiger partial charge in [-0.3, -0.25) is 0 Å². The van der Waals surface area contributed by atoms with Crippen molar-refractivity contribution in [3.8, 4) is 0 Å². The van der Waals surface area contributed by atoms with Crippen molar-refractivity contribution in [1.82, 2.24) is 0 Å². The van der Waals surface area contributed by atoms with Crippen molar-refractivity contribution < 1.29 is 5.11 Å². The summed E-state index contributed by atoms with van der Waals surface area (Å²) in [4.78, 5) is 4.90. The molecule has 2 fully saturated rings. The molecule has 138 valence electrons. The fourth-order valence-corrected chi connectivity index (χ4v) is 4.76. The summed E-state index contributed by atoms with van der Waals surface area (Å²) >= 11 is 0. The second-order valence-corrected chi connectivity index (χ2v) is 7.67. The SMILES string of the molecule is OC(C1CCCCN1c1ccccc1)C1CCCCN1c1ccccc1. The molecule has 2 aliphatic heterocycles. The Balaban J connectivity index is 1.58. The lowest BCUT2D eigenvalue weighted by Gasteiger charge is -2.47. The molecule has 2 atom stereocenters. The Labute approximate surface area is 157 Å². The summed E-state index contributed by atoms with van der Waals surface area (Å²) in [7, 11) is 0. The normalized spacial score (nSPS) is 25.1. The second kappa shape index (κ2) is 8.13. The number of hydrogen-bond acceptors (Lipinski definition) is 3. The summed E-state index contributed by atoms with van der Waals surface area (Å²) in [6, 6.07) is 21.7. The molecule has 0 saturated carbocycles. The maximum atomic E-state index is 11.5. The molecule has 2 aliphatic rings. The highest BCUT2D eigenvalue weighted by molar-refractivity contribution is 5.50. The van der Waals surface area contributed by atoms with Gasteiger partial charge in [0.05, 0.1) is 18.2 Å². The van der Waals surface area contributed by atoms with Crippen LogP contribution in [-0.4, -0.2) is 36.4 Å². The third-order valence-electron chi connectivity index (χ3n) is 6.06. The molecule has 2 saturated heterocycles. The molecule has 2 aromatic carbocycles. The molecule has 2 unspecified atom stereocenters. The van der Waals surface area contributed by atoms with E-state index in [0.29, 0.717) is 0 Å². The Hall–Kier alpha value is -2.00. The Bertz CT molecular complexity index is 616. The lowest BCUT2D eigenvalue weighted by Crippen LogP contribution is -2.57. The molecular weight excluding hydrogens is 320 g/mol. The molecular formula is C23H30N2O. The quantitative estimate of drug-likeness (QED) is 0.881. The Morgan fingerprint density at radius 2 is 1.08 bits per heavy atom. The van der Waals surface area contributed by atoms with Gasteiger partial charge in [0.25, 0.3) is 0 Å². The van der Waals surface area contributed by atoms with E-state index in [4.69, 9.17) is 0 Å². The van der Waals surface area contributed by atoms with Crippen LogP contribution in [-0.2, 0) is 0 Å². The fraction of sp³-hybridized carbons (Fsp3) is 0.478. The molecule has 0 spiro atoms. The minimum Gasteiger partial charge on any atom is -0.389 e. The van der Waals surface area contributed by atoms with Crippen LogP contribution in [0.1, 0.15) is 38.5 Å². The van der Waals surface area contributed by atoms with E-state index in [1.807, 2.05) is 0 Å². The van der Waals surface area contributed by atoms with Crippen molar-refractivity contribution in [2.45, 2.75) is 56.7 Å². The number of benzene rings is 2. The lowest BCUT2D eigenvalue weighted by molar-refractivity contribution is 0.0892. The number of aliphatic hydroxyl groups excluding tert-OH is 1. The molecule has 0 aliphatic carbocycles. The highest BCUT2D eigenvalue weighted by atomic mass is 16.3. The predicted molar refractivity (Wildman–Crippen MR) is 109 cm³/mol. The van der Waals surface area contributed by atoms with Gasteiger partial charge < -0.3 is 14.9 Å². The number of hydrogen-bond donors (Lipinski definition) is 1. The van der Waals surface area contributed by atoms with Crippen LogP contribution in [0.3, 0.4) is 0 Å². The van der Waals surface area contributed by atoms with E-state index in [-0.39, 0.29) is 18.2 Å². The minimum atomic E-state index is -0.323. The van der Waals surface area contributed by atoms with Crippen molar-refractivity contribution in [3.63, 3.8) is 0 Å². The third kappa shape index (κ3) is 3.59. The molecule has 0 radical (unpaired) electrons. The highest BCUT2D eigenvalue weighted by Crippen LogP contribution is 2.33. The van der Waals surface area contributed by atoms with Crippen LogP contribution in [0.4, 0.5) is 11.4 Å². The molecule has 3 nitrogen and oxygen atoms in total. The molecule has 2 heterocycles. The zero-order valence-electron chi connectivity index (χ0n) is 15.5. The number of para-hydroxylation sites is 2. The Morgan fingerprint density at radius 3 is 1.50 bits per heavy atom. The van der Waals surface area contributed by atoms with Crippen molar-refractivity contribution in [2.75, 3.05) is 22.9 Å². The smallest absolute Gasteiger partial charge is 0.0945 e. The van der Waals surface area contributed by atoms with Crippen molar-refractivity contribution in [3.05, 3.63) is 60.7 Å². The van der Waals surface area contributed by atoms with E-state index in [9.17, 15) is 5.11 Å². The first-order valence-corrected chi connectivity index (χ1v) is 10.2. The zero-order chi connectivity index (χ0) is 17.8. The molecule has 0 aromatic heterocycles. The molecule has 2 aromatic rings. The molecule has 4 rings (SSSR count). The number of anilines is 2. The molecule has 0 amide bonds. The summed E-state index contributed by atoms with van der Waals surface area (Å²) < 4.78 is 0. The number of nitrogens with zero attached hydrogens (tertiary/aromatic N) is 2. The standard InChI is InChI=1S/C23H30N2O/c26-23(21-15-7-9-17-24(21)19-11-3-1-4-12-19)22-16-8-10-18-25(22)20-13-5-2-6-14-20/h1-6,11-14,21-23,26H,7-10,15-18H2. The summed E-state index contributed by atoms with van der Waals surface area (Å²) in [6.07, 6.45) is 6.68. The average molecular weight is 351 g/mol. The van der Waals surface area contributed by atoms with Crippen LogP contribution in [0.25, 0.3) is 0 Å². The summed E-state index contributed by atoms with van der Waals surface area (Å²) in [5, 5.41) is 11.5. The van der Waals surface area contributed by atoms with Gasteiger partial charge in [-0.05, 0) is 62.8 Å². The maximum Gasteiger partial charge on any atom is 0.0945 e. The summed E-state index contributed by atoms with van der Waals surface area (Å²) in [5.41, 5.74) is 2.50. The molecule has 3 heteroatoms. The van der Waals surface area contributed by atoms with Crippen molar-refractivity contribution >= 4 is 11.4 Å². The van der Waals surface area contributed by atoms with Crippen LogP contribution in [0.2, 0.25) is 0 Å². The maximum absolute atomic E-state index is 11.5. The van der Waals surface area contributed by atoms with Gasteiger partial charge in [0.15, 0.2) is 0 Å². The Kier molecular flexibility index (Phi) is 5.45. The first-order valence-electron chi connectivity index (χ1n) is 10.2. The summed E-state index contributed by atoms with van der Waals surface area (Å²) in [5.74, 6) is 0. The Morgan fingerprint density at radius 1 is 0.654 bits per heavy atom. The van der Waals surface area contributed by atoms with Gasteiger partial charge in [-0.15, -0.1) is 0 Å². The number of piperidine rings is 2. The van der Waals surface area contributed by atoms with Crippen molar-refractivity contribution in [2.24, 2.45) is 0 Å². The second-order valence-electron chi connectivity index (χ2n) is 7.67. The van der Waals surface area contributed by atoms with Crippen molar-refractivity contribution in [1.29, 1.82) is 0 Å². The van der Waals surface area contributed by atoms with Gasteiger partial charge in [-0.25, -0.2) is 0 Å². The van der Waals surface area contributed by atoms with Gasteiger partial charge in [0.2, 0.25) is 0 Å². The van der Waals surface area contributed by atoms with E-state index in [2.05, 4.69) is 70.5 Å². The fourth-order valence-electron chi connectivity index (χ4n) is 4.76. The van der Waals surface area contributed by atoms with Gasteiger partial charge in [0, 0.05) is 24.5 Å². The van der Waals surface area contributed by atoms with Crippen LogP contribution >= 0.6 is 0 Å². The van der Waals surface area contributed by atoms with Crippen LogP contribution in [0, 0.1) is 0 Å². The van der Waals surface area contributed by atoms with Gasteiger partial charge >= 0.3 is 0 Å². The third-order valence-corrected chi connectivity index (χ3v) is 6.06. The number of rotatable bonds is 4. The van der Waals surface area contributed by atoms with Crippen LogP contribution in [0.15, 0.2) is 60.7 Å². The average Bonchev–Trinajstić information content (AvgIpc) is 2.74. The van der Waals surface area contributed by atoms with Gasteiger partial charge in [-0.2, -0.15) is 0 Å². The monoisotopic (exact) mass is 350 g/mol.